The topological polar surface area (TPSA) is 75.7 Å². The minimum Gasteiger partial charge on any atom is -0.467 e. The average Bonchev–Trinajstić information content (AvgIpc) is 3.03. The van der Waals surface area contributed by atoms with Crippen LogP contribution in [0.3, 0.4) is 0 Å². The summed E-state index contributed by atoms with van der Waals surface area (Å²) < 4.78 is 33.5. The molecule has 0 aliphatic carbocycles. The molecule has 132 valence electrons. The summed E-state index contributed by atoms with van der Waals surface area (Å²) in [7, 11) is -3.57. The third-order valence-corrected chi connectivity index (χ3v) is 8.05. The Kier molecular flexibility index (Phi) is 4.03. The Morgan fingerprint density at radius 1 is 1.16 bits per heavy atom. The van der Waals surface area contributed by atoms with E-state index in [0.717, 1.165) is 11.3 Å². The number of thiophene rings is 1. The normalized spacial score (nSPS) is 20.0. The molecule has 0 atom stereocenters. The number of piperidine rings is 1. The molecule has 1 saturated heterocycles. The fraction of sp³-hybridized carbons (Fsp3) is 0.312. The van der Waals surface area contributed by atoms with Crippen LogP contribution in [0.1, 0.15) is 23.2 Å². The molecule has 1 aromatic carbocycles. The Hall–Kier alpha value is -1.61. The van der Waals surface area contributed by atoms with E-state index in [2.05, 4.69) is 5.32 Å². The fourth-order valence-electron chi connectivity index (χ4n) is 3.13. The number of hydrogen-bond acceptors (Lipinski definition) is 5. The van der Waals surface area contributed by atoms with Crippen molar-refractivity contribution < 1.29 is 17.9 Å². The van der Waals surface area contributed by atoms with Crippen LogP contribution in [0.2, 0.25) is 4.34 Å². The SMILES string of the molecule is O=C1NC2(CCN(S(=O)(=O)c3ccc(Cl)s3)CC2)Oc2ccccc21. The van der Waals surface area contributed by atoms with E-state index in [4.69, 9.17) is 16.3 Å². The number of sulfonamides is 1. The zero-order valence-electron chi connectivity index (χ0n) is 13.1. The number of amides is 1. The highest BCUT2D eigenvalue weighted by atomic mass is 35.5. The standard InChI is InChI=1S/C16H15ClN2O4S2/c17-13-5-6-14(24-13)25(21,22)19-9-7-16(8-10-19)18-15(20)11-3-1-2-4-12(11)23-16/h1-6H,7-10H2,(H,18,20). The average molecular weight is 399 g/mol. The van der Waals surface area contributed by atoms with Crippen molar-refractivity contribution in [2.45, 2.75) is 22.8 Å². The van der Waals surface area contributed by atoms with Crippen LogP contribution in [0.15, 0.2) is 40.6 Å². The van der Waals surface area contributed by atoms with Crippen molar-refractivity contribution in [3.8, 4) is 5.75 Å². The van der Waals surface area contributed by atoms with Gasteiger partial charge < -0.3 is 10.1 Å². The van der Waals surface area contributed by atoms with E-state index in [-0.39, 0.29) is 23.2 Å². The molecule has 0 unspecified atom stereocenters. The third-order valence-electron chi connectivity index (χ3n) is 4.45. The molecule has 3 heterocycles. The van der Waals surface area contributed by atoms with Crippen molar-refractivity contribution in [1.82, 2.24) is 9.62 Å². The molecular weight excluding hydrogens is 384 g/mol. The summed E-state index contributed by atoms with van der Waals surface area (Å²) in [5.41, 5.74) is -0.360. The number of ether oxygens (including phenoxy) is 1. The van der Waals surface area contributed by atoms with Gasteiger partial charge in [0, 0.05) is 25.9 Å². The lowest BCUT2D eigenvalue weighted by Gasteiger charge is -2.43. The van der Waals surface area contributed by atoms with Crippen LogP contribution >= 0.6 is 22.9 Å². The Bertz CT molecular complexity index is 933. The van der Waals surface area contributed by atoms with E-state index < -0.39 is 15.7 Å². The molecule has 0 saturated carbocycles. The molecule has 2 aliphatic rings. The number of hydrogen-bond donors (Lipinski definition) is 1. The summed E-state index contributed by atoms with van der Waals surface area (Å²) in [4.78, 5) is 12.3. The number of carbonyl (C=O) groups is 1. The smallest absolute Gasteiger partial charge is 0.258 e. The molecule has 1 spiro atoms. The largest absolute Gasteiger partial charge is 0.467 e. The highest BCUT2D eigenvalue weighted by molar-refractivity contribution is 7.91. The maximum atomic E-state index is 12.7. The van der Waals surface area contributed by atoms with Crippen molar-refractivity contribution in [3.63, 3.8) is 0 Å². The van der Waals surface area contributed by atoms with E-state index in [9.17, 15) is 13.2 Å². The molecule has 6 nitrogen and oxygen atoms in total. The lowest BCUT2D eigenvalue weighted by Crippen LogP contribution is -2.61. The first-order valence-corrected chi connectivity index (χ1v) is 10.4. The van der Waals surface area contributed by atoms with Crippen LogP contribution in [-0.4, -0.2) is 37.4 Å². The van der Waals surface area contributed by atoms with Crippen LogP contribution in [0.25, 0.3) is 0 Å². The van der Waals surface area contributed by atoms with E-state index in [1.165, 1.54) is 10.4 Å². The van der Waals surface area contributed by atoms with Crippen molar-refractivity contribution in [2.24, 2.45) is 0 Å². The lowest BCUT2D eigenvalue weighted by atomic mass is 9.98. The third kappa shape index (κ3) is 2.93. The Balaban J connectivity index is 1.53. The number of nitrogens with zero attached hydrogens (tertiary/aromatic N) is 1. The molecule has 1 fully saturated rings. The van der Waals surface area contributed by atoms with Gasteiger partial charge in [-0.25, -0.2) is 8.42 Å². The van der Waals surface area contributed by atoms with Crippen LogP contribution in [0.4, 0.5) is 0 Å². The number of benzene rings is 1. The molecule has 1 amide bonds. The van der Waals surface area contributed by atoms with E-state index >= 15 is 0 Å². The number of carbonyl (C=O) groups excluding carboxylic acids is 1. The zero-order chi connectivity index (χ0) is 17.7. The number of para-hydroxylation sites is 1. The van der Waals surface area contributed by atoms with E-state index in [1.807, 2.05) is 6.07 Å². The Morgan fingerprint density at radius 2 is 1.88 bits per heavy atom. The summed E-state index contributed by atoms with van der Waals surface area (Å²) in [5, 5.41) is 2.90. The highest BCUT2D eigenvalue weighted by Crippen LogP contribution is 2.36. The van der Waals surface area contributed by atoms with Gasteiger partial charge in [0.2, 0.25) is 0 Å². The highest BCUT2D eigenvalue weighted by Gasteiger charge is 2.44. The molecule has 9 heteroatoms. The summed E-state index contributed by atoms with van der Waals surface area (Å²) in [6.45, 7) is 0.528. The van der Waals surface area contributed by atoms with E-state index in [1.54, 1.807) is 24.3 Å². The van der Waals surface area contributed by atoms with Crippen LogP contribution in [0, 0.1) is 0 Å². The summed E-state index contributed by atoms with van der Waals surface area (Å²) >= 11 is 6.90. The zero-order valence-corrected chi connectivity index (χ0v) is 15.5. The summed E-state index contributed by atoms with van der Waals surface area (Å²) in [5.74, 6) is 0.343. The van der Waals surface area contributed by atoms with E-state index in [0.29, 0.717) is 28.5 Å². The van der Waals surface area contributed by atoms with Gasteiger partial charge in [-0.1, -0.05) is 23.7 Å². The first-order chi connectivity index (χ1) is 11.9. The van der Waals surface area contributed by atoms with Crippen molar-refractivity contribution in [1.29, 1.82) is 0 Å². The molecule has 2 aliphatic heterocycles. The second-order valence-electron chi connectivity index (χ2n) is 6.01. The molecular formula is C16H15ClN2O4S2. The van der Waals surface area contributed by atoms with Gasteiger partial charge in [0.1, 0.15) is 9.96 Å². The molecule has 1 N–H and O–H groups in total. The Morgan fingerprint density at radius 3 is 2.56 bits per heavy atom. The predicted octanol–water partition coefficient (Wildman–Crippen LogP) is 2.70. The predicted molar refractivity (Wildman–Crippen MR) is 94.6 cm³/mol. The van der Waals surface area contributed by atoms with Crippen LogP contribution in [0.5, 0.6) is 5.75 Å². The fourth-order valence-corrected chi connectivity index (χ4v) is 6.21. The molecule has 2 aromatic rings. The second kappa shape index (κ2) is 5.98. The molecule has 1 aromatic heterocycles. The van der Waals surface area contributed by atoms with Gasteiger partial charge in [0.15, 0.2) is 5.72 Å². The maximum absolute atomic E-state index is 12.7. The van der Waals surface area contributed by atoms with Gasteiger partial charge in [0.05, 0.1) is 9.90 Å². The minimum atomic E-state index is -3.57. The molecule has 25 heavy (non-hydrogen) atoms. The van der Waals surface area contributed by atoms with Crippen molar-refractivity contribution >= 4 is 38.9 Å². The van der Waals surface area contributed by atoms with Gasteiger partial charge in [-0.15, -0.1) is 11.3 Å². The monoisotopic (exact) mass is 398 g/mol. The number of halogens is 1. The van der Waals surface area contributed by atoms with Gasteiger partial charge >= 0.3 is 0 Å². The quantitative estimate of drug-likeness (QED) is 0.843. The number of nitrogens with one attached hydrogen (secondary N) is 1. The first kappa shape index (κ1) is 16.8. The minimum absolute atomic E-state index is 0.191. The number of rotatable bonds is 2. The summed E-state index contributed by atoms with van der Waals surface area (Å²) in [6.07, 6.45) is 0.761. The molecule has 4 rings (SSSR count). The molecule has 0 bridgehead atoms. The summed E-state index contributed by atoms with van der Waals surface area (Å²) in [6, 6.07) is 10.1. The van der Waals surface area contributed by atoms with Gasteiger partial charge in [-0.05, 0) is 24.3 Å². The number of fused-ring (bicyclic) bond motifs is 1. The second-order valence-corrected chi connectivity index (χ2v) is 9.89. The van der Waals surface area contributed by atoms with Crippen molar-refractivity contribution in [3.05, 3.63) is 46.3 Å². The Labute approximate surface area is 154 Å². The van der Waals surface area contributed by atoms with Crippen LogP contribution < -0.4 is 10.1 Å². The van der Waals surface area contributed by atoms with Crippen LogP contribution in [-0.2, 0) is 10.0 Å². The van der Waals surface area contributed by atoms with Crippen molar-refractivity contribution in [2.75, 3.05) is 13.1 Å². The van der Waals surface area contributed by atoms with Gasteiger partial charge in [-0.3, -0.25) is 4.79 Å². The van der Waals surface area contributed by atoms with Gasteiger partial charge in [-0.2, -0.15) is 4.31 Å². The lowest BCUT2D eigenvalue weighted by molar-refractivity contribution is -0.0155. The first-order valence-electron chi connectivity index (χ1n) is 7.76. The molecule has 0 radical (unpaired) electrons. The van der Waals surface area contributed by atoms with Gasteiger partial charge in [0.25, 0.3) is 15.9 Å². The maximum Gasteiger partial charge on any atom is 0.258 e.